The lowest BCUT2D eigenvalue weighted by Gasteiger charge is -2.14. The molecule has 0 atom stereocenters. The fourth-order valence-electron chi connectivity index (χ4n) is 2.04. The Labute approximate surface area is 122 Å². The van der Waals surface area contributed by atoms with Crippen molar-refractivity contribution in [1.29, 1.82) is 0 Å². The van der Waals surface area contributed by atoms with Gasteiger partial charge in [-0.3, -0.25) is 0 Å². The molecule has 3 aromatic rings. The molecule has 110 valence electrons. The first-order valence-corrected chi connectivity index (χ1v) is 5.93. The number of carbonyl (C=O) groups is 2. The molecule has 0 saturated heterocycles. The van der Waals surface area contributed by atoms with E-state index in [0.717, 1.165) is 0 Å². The fraction of sp³-hybridized carbons (Fsp3) is 0. The Morgan fingerprint density at radius 1 is 0.818 bits per heavy atom. The molecule has 2 N–H and O–H groups in total. The van der Waals surface area contributed by atoms with Gasteiger partial charge < -0.3 is 10.2 Å². The zero-order valence-electron chi connectivity index (χ0n) is 10.9. The maximum atomic E-state index is 11.5. The Balaban J connectivity index is 2.43. The number of hydrogen-bond donors (Lipinski definition) is 2. The van der Waals surface area contributed by atoms with Gasteiger partial charge in [0.1, 0.15) is 36.7 Å². The van der Waals surface area contributed by atoms with Crippen LogP contribution in [0, 0.1) is 0 Å². The Morgan fingerprint density at radius 3 is 1.50 bits per heavy atom. The van der Waals surface area contributed by atoms with Gasteiger partial charge in [-0.1, -0.05) is 0 Å². The van der Waals surface area contributed by atoms with Gasteiger partial charge in [0.25, 0.3) is 0 Å². The zero-order valence-corrected chi connectivity index (χ0v) is 10.9. The quantitative estimate of drug-likeness (QED) is 0.699. The molecular formula is C12H8N6O4. The Hall–Kier alpha value is -3.56. The summed E-state index contributed by atoms with van der Waals surface area (Å²) < 4.78 is 2.35. The van der Waals surface area contributed by atoms with Crippen LogP contribution in [-0.4, -0.2) is 51.7 Å². The van der Waals surface area contributed by atoms with Crippen molar-refractivity contribution in [3.05, 3.63) is 48.6 Å². The monoisotopic (exact) mass is 300 g/mol. The van der Waals surface area contributed by atoms with Gasteiger partial charge in [-0.15, -0.1) is 0 Å². The van der Waals surface area contributed by atoms with Crippen LogP contribution in [0.5, 0.6) is 0 Å². The molecule has 0 aliphatic heterocycles. The third kappa shape index (κ3) is 2.08. The number of carboxylic acid groups (broad SMARTS) is 2. The highest BCUT2D eigenvalue weighted by atomic mass is 16.4. The highest BCUT2D eigenvalue weighted by Gasteiger charge is 2.24. The SMILES string of the molecule is O=C(O)c1ccc(C(=O)O)c(-n2cncn2)c1-n1cncn1. The fourth-order valence-corrected chi connectivity index (χ4v) is 2.04. The molecule has 2 heterocycles. The van der Waals surface area contributed by atoms with Crippen molar-refractivity contribution >= 4 is 11.9 Å². The molecule has 3 rings (SSSR count). The van der Waals surface area contributed by atoms with Gasteiger partial charge >= 0.3 is 11.9 Å². The zero-order chi connectivity index (χ0) is 15.7. The van der Waals surface area contributed by atoms with E-state index in [1.54, 1.807) is 0 Å². The molecule has 10 heteroatoms. The van der Waals surface area contributed by atoms with E-state index in [2.05, 4.69) is 20.2 Å². The maximum absolute atomic E-state index is 11.5. The molecule has 0 unspecified atom stereocenters. The third-order valence-electron chi connectivity index (χ3n) is 2.91. The number of benzene rings is 1. The van der Waals surface area contributed by atoms with Crippen molar-refractivity contribution in [2.24, 2.45) is 0 Å². The first-order valence-electron chi connectivity index (χ1n) is 5.93. The summed E-state index contributed by atoms with van der Waals surface area (Å²) in [6.45, 7) is 0. The Morgan fingerprint density at radius 2 is 1.23 bits per heavy atom. The second-order valence-corrected chi connectivity index (χ2v) is 4.15. The second-order valence-electron chi connectivity index (χ2n) is 4.15. The maximum Gasteiger partial charge on any atom is 0.337 e. The van der Waals surface area contributed by atoms with Crippen LogP contribution in [0.25, 0.3) is 11.4 Å². The van der Waals surface area contributed by atoms with Crippen molar-refractivity contribution in [2.45, 2.75) is 0 Å². The van der Waals surface area contributed by atoms with Crippen LogP contribution in [0.4, 0.5) is 0 Å². The van der Waals surface area contributed by atoms with Crippen molar-refractivity contribution in [2.75, 3.05) is 0 Å². The predicted octanol–water partition coefficient (Wildman–Crippen LogP) is 0.244. The lowest BCUT2D eigenvalue weighted by molar-refractivity contribution is 0.0681. The summed E-state index contributed by atoms with van der Waals surface area (Å²) in [5.41, 5.74) is -0.201. The largest absolute Gasteiger partial charge is 0.478 e. The Kier molecular flexibility index (Phi) is 3.10. The Bertz CT molecular complexity index is 770. The summed E-state index contributed by atoms with van der Waals surface area (Å²) in [5.74, 6) is -2.47. The van der Waals surface area contributed by atoms with Crippen LogP contribution < -0.4 is 0 Å². The van der Waals surface area contributed by atoms with Crippen LogP contribution in [-0.2, 0) is 0 Å². The van der Waals surface area contributed by atoms with E-state index in [9.17, 15) is 19.8 Å². The third-order valence-corrected chi connectivity index (χ3v) is 2.91. The first kappa shape index (κ1) is 13.4. The van der Waals surface area contributed by atoms with E-state index in [1.807, 2.05) is 0 Å². The highest BCUT2D eigenvalue weighted by Crippen LogP contribution is 2.26. The normalized spacial score (nSPS) is 10.5. The number of hydrogen-bond acceptors (Lipinski definition) is 6. The summed E-state index contributed by atoms with van der Waals surface area (Å²) in [7, 11) is 0. The molecular weight excluding hydrogens is 292 g/mol. The summed E-state index contributed by atoms with van der Waals surface area (Å²) in [4.78, 5) is 30.5. The molecule has 0 aliphatic rings. The van der Waals surface area contributed by atoms with E-state index in [4.69, 9.17) is 0 Å². The molecule has 0 amide bonds. The molecule has 0 saturated carbocycles. The van der Waals surface area contributed by atoms with E-state index in [-0.39, 0.29) is 22.5 Å². The van der Waals surface area contributed by atoms with E-state index in [1.165, 1.54) is 46.8 Å². The van der Waals surface area contributed by atoms with Crippen molar-refractivity contribution in [3.63, 3.8) is 0 Å². The van der Waals surface area contributed by atoms with Crippen LogP contribution in [0.2, 0.25) is 0 Å². The van der Waals surface area contributed by atoms with Gasteiger partial charge in [0.05, 0.1) is 11.1 Å². The lowest BCUT2D eigenvalue weighted by atomic mass is 10.1. The van der Waals surface area contributed by atoms with E-state index < -0.39 is 11.9 Å². The number of nitrogens with zero attached hydrogens (tertiary/aromatic N) is 6. The number of aromatic carboxylic acids is 2. The number of aromatic nitrogens is 6. The van der Waals surface area contributed by atoms with Gasteiger partial charge in [0.15, 0.2) is 0 Å². The van der Waals surface area contributed by atoms with E-state index in [0.29, 0.717) is 0 Å². The topological polar surface area (TPSA) is 136 Å². The molecule has 0 spiro atoms. The van der Waals surface area contributed by atoms with Gasteiger partial charge in [0, 0.05) is 0 Å². The smallest absolute Gasteiger partial charge is 0.337 e. The highest BCUT2D eigenvalue weighted by molar-refractivity contribution is 6.00. The first-order chi connectivity index (χ1) is 10.6. The van der Waals surface area contributed by atoms with E-state index >= 15 is 0 Å². The van der Waals surface area contributed by atoms with Gasteiger partial charge in [0.2, 0.25) is 0 Å². The van der Waals surface area contributed by atoms with Crippen LogP contribution >= 0.6 is 0 Å². The minimum atomic E-state index is -1.23. The summed E-state index contributed by atoms with van der Waals surface area (Å²) in [5, 5.41) is 26.5. The lowest BCUT2D eigenvalue weighted by Crippen LogP contribution is -2.15. The standard InChI is InChI=1S/C12H8N6O4/c19-11(20)7-1-2-8(12(21)22)10(18-6-14-4-16-18)9(7)17-5-13-3-15-17/h1-6H,(H,19,20)(H,21,22). The molecule has 0 aliphatic carbocycles. The predicted molar refractivity (Wildman–Crippen MR) is 70.2 cm³/mol. The summed E-state index contributed by atoms with van der Waals surface area (Å²) in [6, 6.07) is 2.40. The van der Waals surface area contributed by atoms with Gasteiger partial charge in [-0.05, 0) is 12.1 Å². The molecule has 0 radical (unpaired) electrons. The minimum absolute atomic E-state index is 0.0374. The number of rotatable bonds is 4. The molecule has 22 heavy (non-hydrogen) atoms. The molecule has 0 bridgehead atoms. The second kappa shape index (κ2) is 5.09. The minimum Gasteiger partial charge on any atom is -0.478 e. The van der Waals surface area contributed by atoms with Crippen molar-refractivity contribution in [3.8, 4) is 11.4 Å². The summed E-state index contributed by atoms with van der Waals surface area (Å²) >= 11 is 0. The average Bonchev–Trinajstić information content (AvgIpc) is 3.18. The van der Waals surface area contributed by atoms with Crippen LogP contribution in [0.1, 0.15) is 20.7 Å². The van der Waals surface area contributed by atoms with Crippen LogP contribution in [0.15, 0.2) is 37.4 Å². The van der Waals surface area contributed by atoms with Gasteiger partial charge in [-0.25, -0.2) is 28.9 Å². The summed E-state index contributed by atoms with van der Waals surface area (Å²) in [6.07, 6.45) is 4.97. The molecule has 0 fully saturated rings. The average molecular weight is 300 g/mol. The molecule has 1 aromatic carbocycles. The molecule has 10 nitrogen and oxygen atoms in total. The molecule has 2 aromatic heterocycles. The van der Waals surface area contributed by atoms with Crippen LogP contribution in [0.3, 0.4) is 0 Å². The number of carboxylic acids is 2. The van der Waals surface area contributed by atoms with Crippen molar-refractivity contribution < 1.29 is 19.8 Å². The van der Waals surface area contributed by atoms with Gasteiger partial charge in [-0.2, -0.15) is 10.2 Å². The van der Waals surface area contributed by atoms with Crippen molar-refractivity contribution in [1.82, 2.24) is 29.5 Å².